The van der Waals surface area contributed by atoms with E-state index >= 15 is 0 Å². The molecule has 0 radical (unpaired) electrons. The predicted octanol–water partition coefficient (Wildman–Crippen LogP) is 6.40. The van der Waals surface area contributed by atoms with Gasteiger partial charge >= 0.3 is 0 Å². The molecule has 0 bridgehead atoms. The Morgan fingerprint density at radius 1 is 0.676 bits per heavy atom. The number of carbonyl (C=O) groups excluding carboxylic acids is 1. The van der Waals surface area contributed by atoms with Crippen molar-refractivity contribution in [2.24, 2.45) is 0 Å². The summed E-state index contributed by atoms with van der Waals surface area (Å²) in [5.41, 5.74) is 10.1. The Morgan fingerprint density at radius 3 is 2.09 bits per heavy atom. The lowest BCUT2D eigenvalue weighted by Gasteiger charge is -2.17. The van der Waals surface area contributed by atoms with Gasteiger partial charge in [-0.15, -0.1) is 0 Å². The molecule has 0 saturated heterocycles. The third kappa shape index (κ3) is 3.76. The average molecular weight is 451 g/mol. The Morgan fingerprint density at radius 2 is 1.35 bits per heavy atom. The van der Waals surface area contributed by atoms with Crippen LogP contribution in [0, 0.1) is 20.8 Å². The molecular formula is C30H26O4. The maximum absolute atomic E-state index is 12.6. The molecule has 1 N–H and O–H groups in total. The van der Waals surface area contributed by atoms with Crippen molar-refractivity contribution in [2.45, 2.75) is 27.4 Å². The summed E-state index contributed by atoms with van der Waals surface area (Å²) in [5.74, 6) is 1.47. The zero-order valence-corrected chi connectivity index (χ0v) is 19.5. The van der Waals surface area contributed by atoms with E-state index in [4.69, 9.17) is 14.6 Å². The number of benzene rings is 4. The molecular weight excluding hydrogens is 424 g/mol. The molecule has 4 aromatic rings. The maximum atomic E-state index is 12.6. The highest BCUT2D eigenvalue weighted by atomic mass is 16.6. The van der Waals surface area contributed by atoms with Crippen LogP contribution < -0.4 is 9.47 Å². The minimum Gasteiger partial charge on any atom is -0.489 e. The van der Waals surface area contributed by atoms with Crippen molar-refractivity contribution in [3.63, 3.8) is 0 Å². The zero-order chi connectivity index (χ0) is 23.8. The molecule has 0 aliphatic heterocycles. The Bertz CT molecular complexity index is 1390. The van der Waals surface area contributed by atoms with Gasteiger partial charge in [0.05, 0.1) is 0 Å². The van der Waals surface area contributed by atoms with Gasteiger partial charge in [-0.2, -0.15) is 0 Å². The van der Waals surface area contributed by atoms with E-state index < -0.39 is 0 Å². The van der Waals surface area contributed by atoms with Crippen LogP contribution in [0.2, 0.25) is 0 Å². The van der Waals surface area contributed by atoms with Crippen LogP contribution in [0.1, 0.15) is 38.2 Å². The van der Waals surface area contributed by atoms with Crippen molar-refractivity contribution in [1.29, 1.82) is 0 Å². The highest BCUT2D eigenvalue weighted by Gasteiger charge is 2.26. The van der Waals surface area contributed by atoms with E-state index in [9.17, 15) is 4.79 Å². The van der Waals surface area contributed by atoms with Crippen LogP contribution >= 0.6 is 0 Å². The standard InChI is InChI=1S/C30H26O4/c1-18-13-23(34-17-31)14-19(2)29(18)24-10-6-7-21(20(24)3)16-33-22-11-12-27-28(15-22)25-8-4-5-9-26(25)30(27)32/h4-15,31H,16-17H2,1-3H3. The van der Waals surface area contributed by atoms with Crippen LogP contribution in [0.15, 0.2) is 72.8 Å². The molecule has 0 spiro atoms. The number of hydrogen-bond donors (Lipinski definition) is 1. The van der Waals surface area contributed by atoms with E-state index in [1.54, 1.807) is 0 Å². The van der Waals surface area contributed by atoms with Crippen molar-refractivity contribution in [3.8, 4) is 33.8 Å². The lowest BCUT2D eigenvalue weighted by Crippen LogP contribution is -2.02. The fourth-order valence-electron chi connectivity index (χ4n) is 4.87. The zero-order valence-electron chi connectivity index (χ0n) is 19.5. The minimum absolute atomic E-state index is 0.0712. The van der Waals surface area contributed by atoms with Gasteiger partial charge in [0.15, 0.2) is 12.6 Å². The molecule has 0 fully saturated rings. The first kappa shape index (κ1) is 21.9. The second-order valence-electron chi connectivity index (χ2n) is 8.67. The number of carbonyl (C=O) groups is 1. The van der Waals surface area contributed by atoms with E-state index in [0.717, 1.165) is 61.4 Å². The summed E-state index contributed by atoms with van der Waals surface area (Å²) in [6.45, 7) is 6.31. The van der Waals surface area contributed by atoms with Crippen LogP contribution in [0.4, 0.5) is 0 Å². The van der Waals surface area contributed by atoms with Crippen molar-refractivity contribution in [3.05, 3.63) is 106 Å². The van der Waals surface area contributed by atoms with Gasteiger partial charge in [-0.05, 0) is 95.6 Å². The number of aliphatic hydroxyl groups excluding tert-OH is 1. The van der Waals surface area contributed by atoms with Gasteiger partial charge in [-0.3, -0.25) is 4.79 Å². The quantitative estimate of drug-likeness (QED) is 0.304. The van der Waals surface area contributed by atoms with Gasteiger partial charge in [-0.25, -0.2) is 0 Å². The topological polar surface area (TPSA) is 55.8 Å². The fourth-order valence-corrected chi connectivity index (χ4v) is 4.87. The van der Waals surface area contributed by atoms with Crippen LogP contribution in [0.5, 0.6) is 11.5 Å². The first-order chi connectivity index (χ1) is 16.5. The van der Waals surface area contributed by atoms with E-state index in [0.29, 0.717) is 12.4 Å². The second kappa shape index (κ2) is 8.81. The van der Waals surface area contributed by atoms with Gasteiger partial charge < -0.3 is 14.6 Å². The third-order valence-electron chi connectivity index (χ3n) is 6.54. The van der Waals surface area contributed by atoms with E-state index in [-0.39, 0.29) is 12.6 Å². The average Bonchev–Trinajstić information content (AvgIpc) is 3.11. The van der Waals surface area contributed by atoms with Crippen molar-refractivity contribution >= 4 is 5.78 Å². The maximum Gasteiger partial charge on any atom is 0.194 e. The number of ether oxygens (including phenoxy) is 2. The molecule has 1 aliphatic carbocycles. The monoisotopic (exact) mass is 450 g/mol. The molecule has 5 rings (SSSR count). The fraction of sp³-hybridized carbons (Fsp3) is 0.167. The molecule has 4 aromatic carbocycles. The molecule has 0 atom stereocenters. The summed E-state index contributed by atoms with van der Waals surface area (Å²) >= 11 is 0. The van der Waals surface area contributed by atoms with Crippen LogP contribution in [0.3, 0.4) is 0 Å². The minimum atomic E-state index is -0.341. The molecule has 170 valence electrons. The SMILES string of the molecule is Cc1cc(OCO)cc(C)c1-c1cccc(COc2ccc3c(c2)-c2ccccc2C3=O)c1C. The van der Waals surface area contributed by atoms with Gasteiger partial charge in [-0.1, -0.05) is 42.5 Å². The smallest absolute Gasteiger partial charge is 0.194 e. The first-order valence-electron chi connectivity index (χ1n) is 11.3. The number of aliphatic hydroxyl groups is 1. The molecule has 1 aliphatic rings. The van der Waals surface area contributed by atoms with E-state index in [1.807, 2.05) is 54.6 Å². The molecule has 4 nitrogen and oxygen atoms in total. The number of hydrogen-bond acceptors (Lipinski definition) is 4. The van der Waals surface area contributed by atoms with E-state index in [1.165, 1.54) is 0 Å². The second-order valence-corrected chi connectivity index (χ2v) is 8.67. The summed E-state index contributed by atoms with van der Waals surface area (Å²) in [4.78, 5) is 12.6. The summed E-state index contributed by atoms with van der Waals surface area (Å²) < 4.78 is 11.5. The number of aryl methyl sites for hydroxylation is 2. The molecule has 34 heavy (non-hydrogen) atoms. The number of rotatable bonds is 6. The van der Waals surface area contributed by atoms with Gasteiger partial charge in [0.25, 0.3) is 0 Å². The number of fused-ring (bicyclic) bond motifs is 3. The third-order valence-corrected chi connectivity index (χ3v) is 6.54. The largest absolute Gasteiger partial charge is 0.489 e. The van der Waals surface area contributed by atoms with Crippen molar-refractivity contribution < 1.29 is 19.4 Å². The summed E-state index contributed by atoms with van der Waals surface area (Å²) in [6, 6.07) is 23.6. The molecule has 0 saturated carbocycles. The van der Waals surface area contributed by atoms with Gasteiger partial charge in [0.2, 0.25) is 0 Å². The Labute approximate surface area is 199 Å². The number of ketones is 1. The molecule has 4 heteroatoms. The molecule has 0 amide bonds. The van der Waals surface area contributed by atoms with Crippen LogP contribution in [-0.4, -0.2) is 17.7 Å². The Balaban J connectivity index is 1.42. The van der Waals surface area contributed by atoms with Crippen LogP contribution in [-0.2, 0) is 6.61 Å². The summed E-state index contributed by atoms with van der Waals surface area (Å²) in [7, 11) is 0. The first-order valence-corrected chi connectivity index (χ1v) is 11.3. The van der Waals surface area contributed by atoms with E-state index in [2.05, 4.69) is 39.0 Å². The highest BCUT2D eigenvalue weighted by molar-refractivity contribution is 6.21. The Kier molecular flexibility index (Phi) is 5.68. The lowest BCUT2D eigenvalue weighted by atomic mass is 9.90. The van der Waals surface area contributed by atoms with Crippen LogP contribution in [0.25, 0.3) is 22.3 Å². The normalized spacial score (nSPS) is 11.8. The highest BCUT2D eigenvalue weighted by Crippen LogP contribution is 2.39. The summed E-state index contributed by atoms with van der Waals surface area (Å²) in [5, 5.41) is 9.08. The van der Waals surface area contributed by atoms with Gasteiger partial charge in [0, 0.05) is 11.1 Å². The summed E-state index contributed by atoms with van der Waals surface area (Å²) in [6.07, 6.45) is 0. The van der Waals surface area contributed by atoms with Crippen molar-refractivity contribution in [1.82, 2.24) is 0 Å². The Hall–Kier alpha value is -3.89. The predicted molar refractivity (Wildman–Crippen MR) is 133 cm³/mol. The van der Waals surface area contributed by atoms with Gasteiger partial charge in [0.1, 0.15) is 18.1 Å². The molecule has 0 unspecified atom stereocenters. The van der Waals surface area contributed by atoms with Crippen molar-refractivity contribution in [2.75, 3.05) is 6.79 Å². The lowest BCUT2D eigenvalue weighted by molar-refractivity contribution is 0.0984. The molecule has 0 heterocycles. The molecule has 0 aromatic heterocycles.